The van der Waals surface area contributed by atoms with Gasteiger partial charge >= 0.3 is 6.18 Å². The van der Waals surface area contributed by atoms with Gasteiger partial charge in [-0.2, -0.15) is 13.2 Å². The number of aromatic nitrogens is 1. The van der Waals surface area contributed by atoms with E-state index in [1.54, 1.807) is 6.20 Å². The Morgan fingerprint density at radius 1 is 1.07 bits per heavy atom. The molecule has 1 N–H and O–H groups in total. The van der Waals surface area contributed by atoms with Gasteiger partial charge in [0.15, 0.2) is 0 Å². The highest BCUT2D eigenvalue weighted by atomic mass is 19.4. The molecule has 3 rings (SSSR count). The number of carbonyl (C=O) groups is 1. The number of hydrogen-bond donors (Lipinski definition) is 1. The molecule has 0 spiro atoms. The number of benzene rings is 1. The van der Waals surface area contributed by atoms with E-state index in [0.717, 1.165) is 44.9 Å². The van der Waals surface area contributed by atoms with Gasteiger partial charge in [-0.05, 0) is 48.4 Å². The maximum absolute atomic E-state index is 12.6. The minimum Gasteiger partial charge on any atom is -0.325 e. The maximum Gasteiger partial charge on any atom is 0.416 e. The molecule has 2 aromatic rings. The topological polar surface area (TPSA) is 48.5 Å². The molecule has 0 unspecified atom stereocenters. The van der Waals surface area contributed by atoms with E-state index in [1.165, 1.54) is 23.3 Å². The lowest BCUT2D eigenvalue weighted by molar-refractivity contribution is -0.137. The van der Waals surface area contributed by atoms with E-state index in [4.69, 9.17) is 0 Å². The summed E-state index contributed by atoms with van der Waals surface area (Å²) in [4.78, 5) is 20.7. The first-order valence-electron chi connectivity index (χ1n) is 9.12. The van der Waals surface area contributed by atoms with Crippen LogP contribution in [0.4, 0.5) is 18.9 Å². The molecule has 0 aliphatic carbocycles. The van der Waals surface area contributed by atoms with Crippen LogP contribution in [-0.2, 0) is 17.5 Å². The molecule has 1 aliphatic heterocycles. The normalized spacial score (nSPS) is 16.1. The summed E-state index contributed by atoms with van der Waals surface area (Å²) in [5.41, 5.74) is 2.05. The van der Waals surface area contributed by atoms with Crippen molar-refractivity contribution in [2.24, 2.45) is 0 Å². The summed E-state index contributed by atoms with van der Waals surface area (Å²) in [5.74, 6) is -0.226. The second-order valence-electron chi connectivity index (χ2n) is 6.98. The predicted octanol–water partition coefficient (Wildman–Crippen LogP) is 3.17. The van der Waals surface area contributed by atoms with Crippen LogP contribution in [0.1, 0.15) is 16.7 Å². The van der Waals surface area contributed by atoms with Crippen molar-refractivity contribution in [2.45, 2.75) is 19.6 Å². The summed E-state index contributed by atoms with van der Waals surface area (Å²) < 4.78 is 37.7. The van der Waals surface area contributed by atoms with E-state index in [0.29, 0.717) is 5.69 Å². The number of aryl methyl sites for hydroxylation is 1. The fourth-order valence-corrected chi connectivity index (χ4v) is 3.15. The predicted molar refractivity (Wildman–Crippen MR) is 101 cm³/mol. The van der Waals surface area contributed by atoms with Crippen LogP contribution in [-0.4, -0.2) is 53.4 Å². The van der Waals surface area contributed by atoms with Gasteiger partial charge in [-0.1, -0.05) is 0 Å². The second kappa shape index (κ2) is 8.70. The largest absolute Gasteiger partial charge is 0.416 e. The van der Waals surface area contributed by atoms with E-state index in [-0.39, 0.29) is 12.5 Å². The molecule has 1 saturated heterocycles. The van der Waals surface area contributed by atoms with Crippen molar-refractivity contribution >= 4 is 11.6 Å². The molecule has 8 heteroatoms. The molecule has 150 valence electrons. The molecule has 1 aliphatic rings. The number of anilines is 1. The van der Waals surface area contributed by atoms with Gasteiger partial charge in [-0.3, -0.25) is 19.6 Å². The summed E-state index contributed by atoms with van der Waals surface area (Å²) in [6, 6.07) is 6.48. The van der Waals surface area contributed by atoms with Crippen LogP contribution in [0, 0.1) is 6.92 Å². The van der Waals surface area contributed by atoms with Crippen molar-refractivity contribution in [2.75, 3.05) is 38.0 Å². The molecule has 2 heterocycles. The standard InChI is InChI=1S/C20H23F3N4O/c1-15-6-7-24-12-16(15)13-26-8-10-27(11-9-26)14-19(28)25-18-4-2-17(3-5-18)20(21,22)23/h2-7,12H,8-11,13-14H2,1H3,(H,25,28). The Hall–Kier alpha value is -2.45. The summed E-state index contributed by atoms with van der Waals surface area (Å²) >= 11 is 0. The van der Waals surface area contributed by atoms with E-state index in [9.17, 15) is 18.0 Å². The Morgan fingerprint density at radius 3 is 2.32 bits per heavy atom. The molecule has 28 heavy (non-hydrogen) atoms. The van der Waals surface area contributed by atoms with Gasteiger partial charge in [0.1, 0.15) is 0 Å². The van der Waals surface area contributed by atoms with Crippen LogP contribution < -0.4 is 5.32 Å². The smallest absolute Gasteiger partial charge is 0.325 e. The number of rotatable bonds is 5. The third kappa shape index (κ3) is 5.53. The van der Waals surface area contributed by atoms with Crippen LogP contribution in [0.25, 0.3) is 0 Å². The lowest BCUT2D eigenvalue weighted by Gasteiger charge is -2.34. The molecular weight excluding hydrogens is 369 g/mol. The van der Waals surface area contributed by atoms with Crippen molar-refractivity contribution in [1.29, 1.82) is 0 Å². The number of alkyl halides is 3. The zero-order chi connectivity index (χ0) is 20.1. The number of halogens is 3. The average Bonchev–Trinajstić information content (AvgIpc) is 2.65. The highest BCUT2D eigenvalue weighted by Gasteiger charge is 2.30. The first-order valence-corrected chi connectivity index (χ1v) is 9.12. The van der Waals surface area contributed by atoms with Gasteiger partial charge in [0.05, 0.1) is 12.1 Å². The summed E-state index contributed by atoms with van der Waals surface area (Å²) in [7, 11) is 0. The van der Waals surface area contributed by atoms with Crippen molar-refractivity contribution in [3.05, 3.63) is 59.4 Å². The fraction of sp³-hybridized carbons (Fsp3) is 0.400. The number of nitrogens with zero attached hydrogens (tertiary/aromatic N) is 3. The maximum atomic E-state index is 12.6. The van der Waals surface area contributed by atoms with E-state index >= 15 is 0 Å². The lowest BCUT2D eigenvalue weighted by Crippen LogP contribution is -2.48. The zero-order valence-corrected chi connectivity index (χ0v) is 15.7. The van der Waals surface area contributed by atoms with Crippen LogP contribution in [0.2, 0.25) is 0 Å². The van der Waals surface area contributed by atoms with E-state index in [1.807, 2.05) is 17.2 Å². The molecule has 0 radical (unpaired) electrons. The molecule has 1 fully saturated rings. The minimum atomic E-state index is -4.38. The Balaban J connectivity index is 1.44. The Kier molecular flexibility index (Phi) is 6.31. The third-order valence-electron chi connectivity index (χ3n) is 4.87. The minimum absolute atomic E-state index is 0.223. The van der Waals surface area contributed by atoms with Gasteiger partial charge in [0, 0.05) is 50.8 Å². The molecule has 0 bridgehead atoms. The number of nitrogens with one attached hydrogen (secondary N) is 1. The lowest BCUT2D eigenvalue weighted by atomic mass is 10.1. The van der Waals surface area contributed by atoms with Crippen LogP contribution in [0.3, 0.4) is 0 Å². The SMILES string of the molecule is Cc1ccncc1CN1CCN(CC(=O)Nc2ccc(C(F)(F)F)cc2)CC1. The highest BCUT2D eigenvalue weighted by Crippen LogP contribution is 2.29. The van der Waals surface area contributed by atoms with Crippen LogP contribution in [0.15, 0.2) is 42.7 Å². The van der Waals surface area contributed by atoms with Crippen molar-refractivity contribution in [1.82, 2.24) is 14.8 Å². The fourth-order valence-electron chi connectivity index (χ4n) is 3.15. The third-order valence-corrected chi connectivity index (χ3v) is 4.87. The van der Waals surface area contributed by atoms with Crippen LogP contribution in [0.5, 0.6) is 0 Å². The van der Waals surface area contributed by atoms with Crippen LogP contribution >= 0.6 is 0 Å². The Bertz CT molecular complexity index is 800. The zero-order valence-electron chi connectivity index (χ0n) is 15.7. The average molecular weight is 392 g/mol. The highest BCUT2D eigenvalue weighted by molar-refractivity contribution is 5.92. The summed E-state index contributed by atoms with van der Waals surface area (Å²) in [6.45, 7) is 6.36. The van der Waals surface area contributed by atoms with Crippen molar-refractivity contribution in [3.63, 3.8) is 0 Å². The first-order chi connectivity index (χ1) is 13.3. The number of piperazine rings is 1. The monoisotopic (exact) mass is 392 g/mol. The molecule has 1 aromatic heterocycles. The number of amides is 1. The van der Waals surface area contributed by atoms with Gasteiger partial charge in [0.2, 0.25) is 5.91 Å². The number of pyridine rings is 1. The summed E-state index contributed by atoms with van der Waals surface area (Å²) in [5, 5.41) is 2.66. The van der Waals surface area contributed by atoms with Gasteiger partial charge in [-0.25, -0.2) is 0 Å². The molecule has 0 atom stereocenters. The molecular formula is C20H23F3N4O. The number of carbonyl (C=O) groups excluding carboxylic acids is 1. The second-order valence-corrected chi connectivity index (χ2v) is 6.98. The first kappa shape index (κ1) is 20.3. The molecule has 1 amide bonds. The van der Waals surface area contributed by atoms with Gasteiger partial charge in [0.25, 0.3) is 0 Å². The quantitative estimate of drug-likeness (QED) is 0.849. The van der Waals surface area contributed by atoms with E-state index < -0.39 is 11.7 Å². The van der Waals surface area contributed by atoms with Crippen molar-refractivity contribution < 1.29 is 18.0 Å². The van der Waals surface area contributed by atoms with E-state index in [2.05, 4.69) is 22.1 Å². The molecule has 0 saturated carbocycles. The van der Waals surface area contributed by atoms with Gasteiger partial charge in [-0.15, -0.1) is 0 Å². The number of hydrogen-bond acceptors (Lipinski definition) is 4. The molecule has 5 nitrogen and oxygen atoms in total. The van der Waals surface area contributed by atoms with Gasteiger partial charge < -0.3 is 5.32 Å². The Labute approximate surface area is 162 Å². The summed E-state index contributed by atoms with van der Waals surface area (Å²) in [6.07, 6.45) is -0.707. The Morgan fingerprint density at radius 2 is 1.71 bits per heavy atom. The van der Waals surface area contributed by atoms with Crippen molar-refractivity contribution in [3.8, 4) is 0 Å². The molecule has 1 aromatic carbocycles.